The minimum atomic E-state index is -0.385. The first-order chi connectivity index (χ1) is 14.4. The lowest BCUT2D eigenvalue weighted by atomic mass is 10.1. The molecular weight excluding hydrogens is 378 g/mol. The third-order valence-electron chi connectivity index (χ3n) is 5.29. The lowest BCUT2D eigenvalue weighted by molar-refractivity contribution is 0.0600. The van der Waals surface area contributed by atoms with E-state index in [-0.39, 0.29) is 11.5 Å². The van der Waals surface area contributed by atoms with Gasteiger partial charge in [-0.3, -0.25) is 9.36 Å². The number of benzene rings is 2. The van der Waals surface area contributed by atoms with Crippen LogP contribution in [-0.4, -0.2) is 27.4 Å². The van der Waals surface area contributed by atoms with Gasteiger partial charge in [-0.15, -0.1) is 0 Å². The summed E-state index contributed by atoms with van der Waals surface area (Å²) in [6.45, 7) is 6.30. The smallest absolute Gasteiger partial charge is 0.337 e. The van der Waals surface area contributed by atoms with Crippen LogP contribution in [0.5, 0.6) is 0 Å². The first-order valence-electron chi connectivity index (χ1n) is 9.73. The minimum absolute atomic E-state index is 0.0923. The van der Waals surface area contributed by atoms with E-state index in [0.717, 1.165) is 39.1 Å². The van der Waals surface area contributed by atoms with Gasteiger partial charge in [-0.25, -0.2) is 9.48 Å². The second kappa shape index (κ2) is 7.63. The lowest BCUT2D eigenvalue weighted by Crippen LogP contribution is -2.22. The highest BCUT2D eigenvalue weighted by molar-refractivity contribution is 5.89. The number of nitrogens with zero attached hydrogens (tertiary/aromatic N) is 3. The van der Waals surface area contributed by atoms with Gasteiger partial charge in [0.2, 0.25) is 0 Å². The van der Waals surface area contributed by atoms with Crippen LogP contribution in [-0.2, 0) is 11.3 Å². The summed E-state index contributed by atoms with van der Waals surface area (Å²) >= 11 is 0. The second-order valence-electron chi connectivity index (χ2n) is 7.47. The van der Waals surface area contributed by atoms with Crippen molar-refractivity contribution in [1.82, 2.24) is 14.3 Å². The molecule has 0 unspecified atom stereocenters. The molecule has 0 bridgehead atoms. The Bertz CT molecular complexity index is 1300. The van der Waals surface area contributed by atoms with E-state index < -0.39 is 0 Å². The fourth-order valence-corrected chi connectivity index (χ4v) is 3.73. The van der Waals surface area contributed by atoms with Crippen molar-refractivity contribution in [3.63, 3.8) is 0 Å². The topological polar surface area (TPSA) is 66.1 Å². The van der Waals surface area contributed by atoms with Gasteiger partial charge < -0.3 is 4.74 Å². The predicted octanol–water partition coefficient (Wildman–Crippen LogP) is 3.95. The minimum Gasteiger partial charge on any atom is -0.465 e. The number of rotatable bonds is 4. The van der Waals surface area contributed by atoms with E-state index in [4.69, 9.17) is 9.84 Å². The number of fused-ring (bicyclic) bond motifs is 1. The highest BCUT2D eigenvalue weighted by atomic mass is 16.5. The number of pyridine rings is 1. The summed E-state index contributed by atoms with van der Waals surface area (Å²) in [6.07, 6.45) is 0. The van der Waals surface area contributed by atoms with Crippen LogP contribution in [0, 0.1) is 20.8 Å². The number of carbonyl (C=O) groups is 1. The van der Waals surface area contributed by atoms with Gasteiger partial charge in [0, 0.05) is 11.5 Å². The summed E-state index contributed by atoms with van der Waals surface area (Å²) in [4.78, 5) is 24.7. The molecule has 0 atom stereocenters. The van der Waals surface area contributed by atoms with Crippen LogP contribution < -0.4 is 5.56 Å². The van der Waals surface area contributed by atoms with Gasteiger partial charge in [-0.2, -0.15) is 5.10 Å². The molecule has 30 heavy (non-hydrogen) atoms. The van der Waals surface area contributed by atoms with Crippen molar-refractivity contribution in [2.75, 3.05) is 7.11 Å². The zero-order valence-electron chi connectivity index (χ0n) is 17.5. The number of hydrogen-bond acceptors (Lipinski definition) is 4. The molecule has 0 N–H and O–H groups in total. The van der Waals surface area contributed by atoms with Gasteiger partial charge in [0.15, 0.2) is 0 Å². The molecule has 2 aromatic carbocycles. The first-order valence-corrected chi connectivity index (χ1v) is 9.73. The first kappa shape index (κ1) is 19.6. The molecule has 0 radical (unpaired) electrons. The average molecular weight is 401 g/mol. The number of aryl methyl sites for hydroxylation is 3. The van der Waals surface area contributed by atoms with Crippen molar-refractivity contribution < 1.29 is 9.53 Å². The molecule has 0 spiro atoms. The predicted molar refractivity (Wildman–Crippen MR) is 116 cm³/mol. The number of aromatic nitrogens is 3. The molecule has 0 aliphatic heterocycles. The van der Waals surface area contributed by atoms with Crippen molar-refractivity contribution in [3.05, 3.63) is 92.9 Å². The Morgan fingerprint density at radius 3 is 2.30 bits per heavy atom. The quantitative estimate of drug-likeness (QED) is 0.486. The summed E-state index contributed by atoms with van der Waals surface area (Å²) in [5.41, 5.74) is 5.89. The molecule has 0 saturated heterocycles. The Labute approximate surface area is 174 Å². The van der Waals surface area contributed by atoms with Crippen LogP contribution in [0.4, 0.5) is 0 Å². The normalized spacial score (nSPS) is 11.1. The molecule has 0 aliphatic rings. The lowest BCUT2D eigenvalue weighted by Gasteiger charge is -2.13. The van der Waals surface area contributed by atoms with E-state index in [9.17, 15) is 9.59 Å². The second-order valence-corrected chi connectivity index (χ2v) is 7.47. The zero-order valence-corrected chi connectivity index (χ0v) is 17.5. The van der Waals surface area contributed by atoms with Crippen LogP contribution in [0.15, 0.2) is 59.4 Å². The third kappa shape index (κ3) is 3.41. The molecule has 2 aromatic heterocycles. The van der Waals surface area contributed by atoms with Crippen LogP contribution in [0.25, 0.3) is 16.7 Å². The average Bonchev–Trinajstić information content (AvgIpc) is 3.09. The van der Waals surface area contributed by atoms with Crippen LogP contribution >= 0.6 is 0 Å². The molecule has 0 amide bonds. The SMILES string of the molecule is COC(=O)c1ccc(Cn2c(=O)cc(C)c3c(C)nn(-c4ccc(C)cc4)c32)cc1. The number of ether oxygens (including phenoxy) is 1. The van der Waals surface area contributed by atoms with Crippen LogP contribution in [0.2, 0.25) is 0 Å². The summed E-state index contributed by atoms with van der Waals surface area (Å²) < 4.78 is 8.32. The van der Waals surface area contributed by atoms with Gasteiger partial charge in [0.25, 0.3) is 5.56 Å². The summed E-state index contributed by atoms with van der Waals surface area (Å²) in [5, 5.41) is 5.71. The van der Waals surface area contributed by atoms with Gasteiger partial charge in [0.05, 0.1) is 30.6 Å². The standard InChI is InChI=1S/C24H23N3O3/c1-15-5-11-20(12-6-15)27-23-22(17(3)25-27)16(2)13-21(28)26(23)14-18-7-9-19(10-8-18)24(29)30-4/h5-13H,14H2,1-4H3. The Kier molecular flexibility index (Phi) is 4.99. The van der Waals surface area contributed by atoms with E-state index in [1.165, 1.54) is 7.11 Å². The van der Waals surface area contributed by atoms with E-state index in [1.807, 2.05) is 61.9 Å². The van der Waals surface area contributed by atoms with Gasteiger partial charge in [0.1, 0.15) is 5.65 Å². The van der Waals surface area contributed by atoms with E-state index in [0.29, 0.717) is 12.1 Å². The Morgan fingerprint density at radius 2 is 1.67 bits per heavy atom. The maximum atomic E-state index is 13.0. The Morgan fingerprint density at radius 1 is 1.00 bits per heavy atom. The van der Waals surface area contributed by atoms with Crippen LogP contribution in [0.3, 0.4) is 0 Å². The largest absolute Gasteiger partial charge is 0.465 e. The summed E-state index contributed by atoms with van der Waals surface area (Å²) in [5.74, 6) is -0.385. The molecule has 4 rings (SSSR count). The van der Waals surface area contributed by atoms with E-state index in [1.54, 1.807) is 22.8 Å². The fraction of sp³-hybridized carbons (Fsp3) is 0.208. The molecule has 2 heterocycles. The van der Waals surface area contributed by atoms with Gasteiger partial charge >= 0.3 is 5.97 Å². The zero-order chi connectivity index (χ0) is 21.4. The van der Waals surface area contributed by atoms with Crippen molar-refractivity contribution in [2.24, 2.45) is 0 Å². The molecule has 0 fully saturated rings. The Balaban J connectivity index is 1.88. The summed E-state index contributed by atoms with van der Waals surface area (Å²) in [7, 11) is 1.35. The third-order valence-corrected chi connectivity index (χ3v) is 5.29. The molecule has 4 aromatic rings. The van der Waals surface area contributed by atoms with Gasteiger partial charge in [-0.1, -0.05) is 29.8 Å². The fourth-order valence-electron chi connectivity index (χ4n) is 3.73. The number of carbonyl (C=O) groups excluding carboxylic acids is 1. The van der Waals surface area contributed by atoms with Crippen LogP contribution in [0.1, 0.15) is 32.7 Å². The van der Waals surface area contributed by atoms with E-state index in [2.05, 4.69) is 0 Å². The highest BCUT2D eigenvalue weighted by Crippen LogP contribution is 2.24. The van der Waals surface area contributed by atoms with Crippen molar-refractivity contribution >= 4 is 17.0 Å². The number of methoxy groups -OCH3 is 1. The molecule has 152 valence electrons. The monoisotopic (exact) mass is 401 g/mol. The van der Waals surface area contributed by atoms with E-state index >= 15 is 0 Å². The Hall–Kier alpha value is -3.67. The van der Waals surface area contributed by atoms with Crippen molar-refractivity contribution in [1.29, 1.82) is 0 Å². The van der Waals surface area contributed by atoms with Crippen molar-refractivity contribution in [3.8, 4) is 5.69 Å². The maximum Gasteiger partial charge on any atom is 0.337 e. The molecule has 0 aliphatic carbocycles. The molecule has 6 nitrogen and oxygen atoms in total. The highest BCUT2D eigenvalue weighted by Gasteiger charge is 2.17. The van der Waals surface area contributed by atoms with Crippen molar-refractivity contribution in [2.45, 2.75) is 27.3 Å². The molecule has 0 saturated carbocycles. The number of esters is 1. The maximum absolute atomic E-state index is 13.0. The number of hydrogen-bond donors (Lipinski definition) is 0. The summed E-state index contributed by atoms with van der Waals surface area (Å²) in [6, 6.07) is 16.8. The molecule has 6 heteroatoms. The molecular formula is C24H23N3O3. The van der Waals surface area contributed by atoms with Gasteiger partial charge in [-0.05, 0) is 56.2 Å².